The molecule has 0 spiro atoms. The van der Waals surface area contributed by atoms with Gasteiger partial charge in [-0.15, -0.1) is 6.58 Å². The number of rotatable bonds is 19. The molecule has 1 aliphatic heterocycles. The fourth-order valence-corrected chi connectivity index (χ4v) is 4.60. The van der Waals surface area contributed by atoms with E-state index in [9.17, 15) is 33.6 Å². The van der Waals surface area contributed by atoms with Crippen molar-refractivity contribution in [1.29, 1.82) is 0 Å². The first-order chi connectivity index (χ1) is 21.1. The number of ketones is 1. The van der Waals surface area contributed by atoms with Gasteiger partial charge in [0, 0.05) is 6.54 Å². The van der Waals surface area contributed by atoms with E-state index in [0.717, 1.165) is 9.80 Å². The van der Waals surface area contributed by atoms with E-state index >= 15 is 0 Å². The van der Waals surface area contributed by atoms with Crippen molar-refractivity contribution >= 4 is 41.5 Å². The van der Waals surface area contributed by atoms with Crippen LogP contribution in [0.5, 0.6) is 0 Å². The highest BCUT2D eigenvalue weighted by molar-refractivity contribution is 6.38. The smallest absolute Gasteiger partial charge is 0.328 e. The summed E-state index contributed by atoms with van der Waals surface area (Å²) in [5, 5.41) is 7.97. The Kier molecular flexibility index (Phi) is 16.4. The number of ether oxygens (including phenoxy) is 2. The zero-order chi connectivity index (χ0) is 34.4. The predicted octanol–water partition coefficient (Wildman–Crippen LogP) is 1.18. The Balaban J connectivity index is 3.44. The van der Waals surface area contributed by atoms with E-state index in [0.29, 0.717) is 6.42 Å². The van der Waals surface area contributed by atoms with Crippen molar-refractivity contribution in [3.63, 3.8) is 0 Å². The van der Waals surface area contributed by atoms with Gasteiger partial charge in [-0.25, -0.2) is 9.69 Å². The van der Waals surface area contributed by atoms with E-state index in [1.807, 2.05) is 13.8 Å². The lowest BCUT2D eigenvalue weighted by Crippen LogP contribution is -2.60. The number of carbonyl (C=O) groups is 7. The maximum Gasteiger partial charge on any atom is 0.328 e. The molecule has 0 aromatic rings. The molecule has 2 unspecified atom stereocenters. The molecular weight excluding hydrogens is 586 g/mol. The first-order valence-corrected chi connectivity index (χ1v) is 15.5. The SMILES string of the molecule is C=CCNC(=O)C(=O)C(CCC)NC(=O)[C@@H]1CN(CC(=O)OCC)C(=O)N1C(=O)[C@@H](NC(C(=O)OCC(C)C)C(C)C)C(C)C. The summed E-state index contributed by atoms with van der Waals surface area (Å²) in [7, 11) is 0. The Morgan fingerprint density at radius 2 is 1.60 bits per heavy atom. The maximum absolute atomic E-state index is 14.1. The molecule has 1 heterocycles. The monoisotopic (exact) mass is 637 g/mol. The third-order valence-electron chi connectivity index (χ3n) is 6.96. The Morgan fingerprint density at radius 3 is 2.11 bits per heavy atom. The van der Waals surface area contributed by atoms with Crippen LogP contribution in [0.4, 0.5) is 4.79 Å². The molecule has 0 bridgehead atoms. The zero-order valence-electron chi connectivity index (χ0n) is 27.8. The lowest BCUT2D eigenvalue weighted by Gasteiger charge is -2.32. The second kappa shape index (κ2) is 18.9. The second-order valence-corrected chi connectivity index (χ2v) is 12.0. The molecule has 14 heteroatoms. The van der Waals surface area contributed by atoms with E-state index in [2.05, 4.69) is 22.5 Å². The van der Waals surface area contributed by atoms with Crippen molar-refractivity contribution in [3.8, 4) is 0 Å². The van der Waals surface area contributed by atoms with Crippen molar-refractivity contribution < 1.29 is 43.0 Å². The molecule has 0 saturated carbocycles. The van der Waals surface area contributed by atoms with E-state index in [1.165, 1.54) is 6.08 Å². The van der Waals surface area contributed by atoms with Crippen molar-refractivity contribution in [2.45, 2.75) is 92.4 Å². The Hall–Kier alpha value is -3.81. The molecule has 5 amide bonds. The van der Waals surface area contributed by atoms with Crippen LogP contribution in [0.2, 0.25) is 0 Å². The highest BCUT2D eigenvalue weighted by Gasteiger charge is 2.49. The second-order valence-electron chi connectivity index (χ2n) is 12.0. The molecule has 1 fully saturated rings. The summed E-state index contributed by atoms with van der Waals surface area (Å²) in [5.74, 6) is -5.40. The summed E-state index contributed by atoms with van der Waals surface area (Å²) in [4.78, 5) is 93.6. The molecule has 45 heavy (non-hydrogen) atoms. The van der Waals surface area contributed by atoms with Gasteiger partial charge < -0.3 is 25.0 Å². The number of nitrogens with one attached hydrogen (secondary N) is 3. The first kappa shape index (κ1) is 39.2. The van der Waals surface area contributed by atoms with Gasteiger partial charge in [-0.3, -0.25) is 34.1 Å². The maximum atomic E-state index is 14.1. The Bertz CT molecular complexity index is 1090. The molecule has 254 valence electrons. The number of imide groups is 1. The minimum Gasteiger partial charge on any atom is -0.465 e. The fraction of sp³-hybridized carbons (Fsp3) is 0.710. The zero-order valence-corrected chi connectivity index (χ0v) is 27.8. The first-order valence-electron chi connectivity index (χ1n) is 15.5. The van der Waals surface area contributed by atoms with Gasteiger partial charge in [0.15, 0.2) is 0 Å². The number of Topliss-reactive ketones (excluding diaryl/α,β-unsaturated/α-hetero) is 1. The molecule has 3 N–H and O–H groups in total. The molecule has 1 saturated heterocycles. The molecule has 1 aliphatic rings. The molecule has 4 atom stereocenters. The van der Waals surface area contributed by atoms with Crippen molar-refractivity contribution in [1.82, 2.24) is 25.8 Å². The molecule has 1 rings (SSSR count). The molecule has 0 aliphatic carbocycles. The molecule has 0 radical (unpaired) electrons. The van der Waals surface area contributed by atoms with Gasteiger partial charge >= 0.3 is 18.0 Å². The quantitative estimate of drug-likeness (QED) is 0.106. The van der Waals surface area contributed by atoms with Crippen molar-refractivity contribution in [3.05, 3.63) is 12.7 Å². The van der Waals surface area contributed by atoms with E-state index in [1.54, 1.807) is 41.5 Å². The number of carbonyl (C=O) groups excluding carboxylic acids is 7. The molecular formula is C31H51N5O9. The molecule has 0 aromatic carbocycles. The largest absolute Gasteiger partial charge is 0.465 e. The highest BCUT2D eigenvalue weighted by Crippen LogP contribution is 2.22. The van der Waals surface area contributed by atoms with Crippen LogP contribution in [0.3, 0.4) is 0 Å². The van der Waals surface area contributed by atoms with Crippen LogP contribution in [-0.2, 0) is 38.2 Å². The average molecular weight is 638 g/mol. The van der Waals surface area contributed by atoms with Crippen LogP contribution in [0.1, 0.15) is 68.2 Å². The standard InChI is InChI=1S/C31H51N5O9/c1-10-13-21(26(38)28(40)32-14-11-2)33-27(39)22-15-35(16-23(37)44-12-3)31(43)36(22)29(41)24(19(6)7)34-25(20(8)9)30(42)45-17-18(4)5/h11,18-22,24-25,34H,2,10,12-17H2,1,3-9H3,(H,32,40)(H,33,39)/t21?,22-,24-,25?/m0/s1. The summed E-state index contributed by atoms with van der Waals surface area (Å²) < 4.78 is 10.4. The summed E-state index contributed by atoms with van der Waals surface area (Å²) in [5.41, 5.74) is 0. The minimum absolute atomic E-state index is 0.0472. The van der Waals surface area contributed by atoms with Gasteiger partial charge in [-0.05, 0) is 31.1 Å². The van der Waals surface area contributed by atoms with Crippen molar-refractivity contribution in [2.75, 3.05) is 32.8 Å². The van der Waals surface area contributed by atoms with Crippen molar-refractivity contribution in [2.24, 2.45) is 17.8 Å². The van der Waals surface area contributed by atoms with Crippen LogP contribution in [-0.4, -0.2) is 108 Å². The minimum atomic E-state index is -1.45. The van der Waals surface area contributed by atoms with Gasteiger partial charge in [-0.2, -0.15) is 0 Å². The van der Waals surface area contributed by atoms with Gasteiger partial charge in [0.05, 0.1) is 31.8 Å². The van der Waals surface area contributed by atoms with Crippen LogP contribution < -0.4 is 16.0 Å². The van der Waals surface area contributed by atoms with E-state index < -0.39 is 78.1 Å². The summed E-state index contributed by atoms with van der Waals surface area (Å²) in [6.45, 7) is 17.1. The normalized spacial score (nSPS) is 16.8. The summed E-state index contributed by atoms with van der Waals surface area (Å²) in [6.07, 6.45) is 1.96. The van der Waals surface area contributed by atoms with Crippen LogP contribution >= 0.6 is 0 Å². The fourth-order valence-electron chi connectivity index (χ4n) is 4.60. The summed E-state index contributed by atoms with van der Waals surface area (Å²) in [6, 6.07) is -5.59. The Labute approximate surface area is 266 Å². The summed E-state index contributed by atoms with van der Waals surface area (Å²) >= 11 is 0. The van der Waals surface area contributed by atoms with E-state index in [4.69, 9.17) is 9.47 Å². The molecule has 14 nitrogen and oxygen atoms in total. The number of hydrogen-bond acceptors (Lipinski definition) is 10. The Morgan fingerprint density at radius 1 is 0.978 bits per heavy atom. The number of esters is 2. The average Bonchev–Trinajstić information content (AvgIpc) is 3.29. The van der Waals surface area contributed by atoms with Gasteiger partial charge in [0.1, 0.15) is 18.6 Å². The third-order valence-corrected chi connectivity index (χ3v) is 6.96. The van der Waals surface area contributed by atoms with Crippen LogP contribution in [0.25, 0.3) is 0 Å². The number of amides is 5. The molecule has 0 aromatic heterocycles. The lowest BCUT2D eigenvalue weighted by molar-refractivity contribution is -0.150. The number of urea groups is 1. The van der Waals surface area contributed by atoms with Gasteiger partial charge in [0.2, 0.25) is 17.6 Å². The van der Waals surface area contributed by atoms with Crippen LogP contribution in [0, 0.1) is 17.8 Å². The predicted molar refractivity (Wildman–Crippen MR) is 165 cm³/mol. The lowest BCUT2D eigenvalue weighted by atomic mass is 9.97. The number of nitrogens with zero attached hydrogens (tertiary/aromatic N) is 2. The van der Waals surface area contributed by atoms with Crippen LogP contribution in [0.15, 0.2) is 12.7 Å². The third kappa shape index (κ3) is 11.6. The van der Waals surface area contributed by atoms with Gasteiger partial charge in [0.25, 0.3) is 5.91 Å². The highest BCUT2D eigenvalue weighted by atomic mass is 16.5. The van der Waals surface area contributed by atoms with E-state index in [-0.39, 0.29) is 44.6 Å². The van der Waals surface area contributed by atoms with Gasteiger partial charge in [-0.1, -0.05) is 61.0 Å². The number of hydrogen-bond donors (Lipinski definition) is 3. The topological polar surface area (TPSA) is 181 Å².